The van der Waals surface area contributed by atoms with Gasteiger partial charge in [-0.2, -0.15) is 4.31 Å². The van der Waals surface area contributed by atoms with Crippen LogP contribution in [0.1, 0.15) is 48.0 Å². The third-order valence-corrected chi connectivity index (χ3v) is 9.92. The number of sulfonamides is 1. The highest BCUT2D eigenvalue weighted by atomic mass is 35.5. The zero-order valence-electron chi connectivity index (χ0n) is 18.9. The molecular weight excluding hydrogens is 496 g/mol. The first-order valence-corrected chi connectivity index (χ1v) is 14.0. The molecule has 1 aromatic carbocycles. The summed E-state index contributed by atoms with van der Waals surface area (Å²) in [5.74, 6) is -0.873. The van der Waals surface area contributed by atoms with Crippen LogP contribution in [-0.2, 0) is 14.8 Å². The summed E-state index contributed by atoms with van der Waals surface area (Å²) in [7, 11) is -4.05. The number of nitrogens with zero attached hydrogens (tertiary/aromatic N) is 2. The van der Waals surface area contributed by atoms with E-state index in [0.717, 1.165) is 46.9 Å². The van der Waals surface area contributed by atoms with Gasteiger partial charge in [0.1, 0.15) is 4.21 Å². The molecule has 34 heavy (non-hydrogen) atoms. The van der Waals surface area contributed by atoms with Crippen molar-refractivity contribution < 1.29 is 18.0 Å². The number of carbonyl (C=O) groups is 2. The lowest BCUT2D eigenvalue weighted by Crippen LogP contribution is -2.64. The molecule has 3 N–H and O–H groups in total. The Kier molecular flexibility index (Phi) is 7.63. The predicted molar refractivity (Wildman–Crippen MR) is 132 cm³/mol. The SMILES string of the molecule is Cc1ccc(C(=O)N2CCCN(S(=O)(=O)c3ccc(Cl)s3)C2C(=O)NC2CCC(N)CC2)cc1. The summed E-state index contributed by atoms with van der Waals surface area (Å²) in [6.45, 7) is 2.32. The van der Waals surface area contributed by atoms with Gasteiger partial charge in [0.05, 0.1) is 4.34 Å². The van der Waals surface area contributed by atoms with E-state index in [2.05, 4.69) is 5.32 Å². The number of nitrogens with one attached hydrogen (secondary N) is 1. The van der Waals surface area contributed by atoms with Crippen molar-refractivity contribution in [3.8, 4) is 0 Å². The van der Waals surface area contributed by atoms with Crippen molar-refractivity contribution in [1.29, 1.82) is 0 Å². The lowest BCUT2D eigenvalue weighted by atomic mass is 9.92. The summed E-state index contributed by atoms with van der Waals surface area (Å²) in [6.07, 6.45) is 2.15. The second-order valence-corrected chi connectivity index (χ2v) is 12.7. The number of hydrogen-bond donors (Lipinski definition) is 2. The van der Waals surface area contributed by atoms with Crippen molar-refractivity contribution in [3.63, 3.8) is 0 Å². The molecule has 184 valence electrons. The number of rotatable bonds is 5. The fraction of sp³-hybridized carbons (Fsp3) is 0.478. The Morgan fingerprint density at radius 1 is 1.06 bits per heavy atom. The van der Waals surface area contributed by atoms with Crippen LogP contribution in [0.25, 0.3) is 0 Å². The number of aryl methyl sites for hydroxylation is 1. The van der Waals surface area contributed by atoms with Crippen LogP contribution in [0.2, 0.25) is 4.34 Å². The normalized spacial score (nSPS) is 24.1. The van der Waals surface area contributed by atoms with Crippen molar-refractivity contribution in [2.75, 3.05) is 13.1 Å². The average molecular weight is 525 g/mol. The summed E-state index contributed by atoms with van der Waals surface area (Å²) in [4.78, 5) is 28.4. The van der Waals surface area contributed by atoms with Crippen LogP contribution >= 0.6 is 22.9 Å². The number of halogens is 1. The standard InChI is InChI=1S/C23H29ClN4O4S2/c1-15-3-5-16(6-4-15)23(30)27-13-2-14-28(34(31,32)20-12-11-19(24)33-20)22(27)21(29)26-18-9-7-17(25)8-10-18/h3-6,11-12,17-18,22H,2,7-10,13-14,25H2,1H3,(H,26,29). The quantitative estimate of drug-likeness (QED) is 0.624. The summed E-state index contributed by atoms with van der Waals surface area (Å²) in [6, 6.07) is 9.98. The van der Waals surface area contributed by atoms with E-state index in [1.165, 1.54) is 17.0 Å². The number of amides is 2. The van der Waals surface area contributed by atoms with Gasteiger partial charge in [0.15, 0.2) is 6.17 Å². The molecule has 1 aromatic heterocycles. The number of carbonyl (C=O) groups excluding carboxylic acids is 2. The lowest BCUT2D eigenvalue weighted by molar-refractivity contribution is -0.132. The summed E-state index contributed by atoms with van der Waals surface area (Å²) in [5.41, 5.74) is 7.40. The van der Waals surface area contributed by atoms with Crippen LogP contribution in [0.3, 0.4) is 0 Å². The molecule has 2 fully saturated rings. The monoisotopic (exact) mass is 524 g/mol. The third-order valence-electron chi connectivity index (χ3n) is 6.37. The van der Waals surface area contributed by atoms with E-state index >= 15 is 0 Å². The van der Waals surface area contributed by atoms with Crippen LogP contribution in [0.5, 0.6) is 0 Å². The average Bonchev–Trinajstić information content (AvgIpc) is 3.27. The van der Waals surface area contributed by atoms with Gasteiger partial charge in [-0.1, -0.05) is 29.3 Å². The molecular formula is C23H29ClN4O4S2. The minimum absolute atomic E-state index is 0.0450. The molecule has 8 nitrogen and oxygen atoms in total. The van der Waals surface area contributed by atoms with Crippen LogP contribution < -0.4 is 11.1 Å². The Balaban J connectivity index is 1.67. The summed E-state index contributed by atoms with van der Waals surface area (Å²) >= 11 is 6.93. The van der Waals surface area contributed by atoms with Gasteiger partial charge in [0.25, 0.3) is 21.8 Å². The molecule has 0 spiro atoms. The molecule has 1 unspecified atom stereocenters. The van der Waals surface area contributed by atoms with Crippen molar-refractivity contribution in [2.45, 2.75) is 61.5 Å². The molecule has 0 radical (unpaired) electrons. The van der Waals surface area contributed by atoms with E-state index < -0.39 is 22.1 Å². The van der Waals surface area contributed by atoms with Crippen LogP contribution in [0.15, 0.2) is 40.6 Å². The van der Waals surface area contributed by atoms with Gasteiger partial charge in [-0.15, -0.1) is 11.3 Å². The Morgan fingerprint density at radius 2 is 1.74 bits per heavy atom. The second-order valence-electron chi connectivity index (χ2n) is 8.89. The summed E-state index contributed by atoms with van der Waals surface area (Å²) < 4.78 is 28.6. The highest BCUT2D eigenvalue weighted by molar-refractivity contribution is 7.91. The first-order chi connectivity index (χ1) is 16.2. The fourth-order valence-electron chi connectivity index (χ4n) is 4.49. The van der Waals surface area contributed by atoms with Crippen molar-refractivity contribution in [3.05, 3.63) is 51.9 Å². The zero-order chi connectivity index (χ0) is 24.5. The summed E-state index contributed by atoms with van der Waals surface area (Å²) in [5, 5.41) is 3.00. The second kappa shape index (κ2) is 10.3. The Morgan fingerprint density at radius 3 is 2.35 bits per heavy atom. The van der Waals surface area contributed by atoms with E-state index in [-0.39, 0.29) is 35.3 Å². The van der Waals surface area contributed by atoms with Crippen molar-refractivity contribution >= 4 is 44.8 Å². The maximum absolute atomic E-state index is 13.6. The Bertz CT molecular complexity index is 1140. The van der Waals surface area contributed by atoms with Gasteiger partial charge in [-0.3, -0.25) is 9.59 Å². The number of benzene rings is 1. The molecule has 2 heterocycles. The van der Waals surface area contributed by atoms with Crippen molar-refractivity contribution in [2.24, 2.45) is 5.73 Å². The molecule has 2 aromatic rings. The van der Waals surface area contributed by atoms with E-state index in [1.807, 2.05) is 19.1 Å². The van der Waals surface area contributed by atoms with E-state index in [4.69, 9.17) is 17.3 Å². The Labute approximate surface area is 209 Å². The topological polar surface area (TPSA) is 113 Å². The van der Waals surface area contributed by atoms with Crippen LogP contribution in [0, 0.1) is 6.92 Å². The maximum Gasteiger partial charge on any atom is 0.259 e. The van der Waals surface area contributed by atoms with Crippen molar-refractivity contribution in [1.82, 2.24) is 14.5 Å². The Hall–Kier alpha value is -1.98. The van der Waals surface area contributed by atoms with Crippen LogP contribution in [0.4, 0.5) is 0 Å². The van der Waals surface area contributed by atoms with Gasteiger partial charge >= 0.3 is 0 Å². The van der Waals surface area contributed by atoms with Gasteiger partial charge in [-0.25, -0.2) is 8.42 Å². The third kappa shape index (κ3) is 5.31. The van der Waals surface area contributed by atoms with Gasteiger partial charge < -0.3 is 16.0 Å². The highest BCUT2D eigenvalue weighted by Gasteiger charge is 2.45. The molecule has 1 saturated carbocycles. The van der Waals surface area contributed by atoms with Gasteiger partial charge in [0.2, 0.25) is 0 Å². The minimum atomic E-state index is -4.05. The lowest BCUT2D eigenvalue weighted by Gasteiger charge is -2.42. The molecule has 1 atom stereocenters. The largest absolute Gasteiger partial charge is 0.350 e. The smallest absolute Gasteiger partial charge is 0.259 e. The molecule has 1 aliphatic heterocycles. The molecule has 2 amide bonds. The maximum atomic E-state index is 13.6. The zero-order valence-corrected chi connectivity index (χ0v) is 21.3. The molecule has 1 saturated heterocycles. The first kappa shape index (κ1) is 25.1. The van der Waals surface area contributed by atoms with E-state index in [9.17, 15) is 18.0 Å². The van der Waals surface area contributed by atoms with Gasteiger partial charge in [-0.05, 0) is 63.3 Å². The van der Waals surface area contributed by atoms with E-state index in [0.29, 0.717) is 16.3 Å². The molecule has 1 aliphatic carbocycles. The molecule has 2 aliphatic rings. The number of nitrogens with two attached hydrogens (primary N) is 1. The highest BCUT2D eigenvalue weighted by Crippen LogP contribution is 2.32. The fourth-order valence-corrected chi connectivity index (χ4v) is 7.69. The predicted octanol–water partition coefficient (Wildman–Crippen LogP) is 2.96. The number of thiophene rings is 1. The van der Waals surface area contributed by atoms with Crippen LogP contribution in [-0.4, -0.2) is 60.8 Å². The number of hydrogen-bond acceptors (Lipinski definition) is 6. The van der Waals surface area contributed by atoms with E-state index in [1.54, 1.807) is 12.1 Å². The minimum Gasteiger partial charge on any atom is -0.350 e. The van der Waals surface area contributed by atoms with Gasteiger partial charge in [0, 0.05) is 30.7 Å². The molecule has 4 rings (SSSR count). The first-order valence-electron chi connectivity index (χ1n) is 11.4. The molecule has 0 bridgehead atoms. The molecule has 11 heteroatoms.